The van der Waals surface area contributed by atoms with Crippen molar-refractivity contribution in [3.05, 3.63) is 36.5 Å². The maximum Gasteiger partial charge on any atom is 0.433 e. The molecular formula is C9H7F3N4O2S. The van der Waals surface area contributed by atoms with Gasteiger partial charge < -0.3 is 4.98 Å². The quantitative estimate of drug-likeness (QED) is 0.900. The van der Waals surface area contributed by atoms with E-state index in [-0.39, 0.29) is 10.7 Å². The molecule has 2 rings (SSSR count). The second-order valence-corrected chi connectivity index (χ2v) is 5.10. The van der Waals surface area contributed by atoms with E-state index in [1.165, 1.54) is 6.33 Å². The fraction of sp³-hybridized carbons (Fsp3) is 0.111. The summed E-state index contributed by atoms with van der Waals surface area (Å²) in [7, 11) is -3.91. The van der Waals surface area contributed by atoms with Gasteiger partial charge in [0.2, 0.25) is 0 Å². The first-order chi connectivity index (χ1) is 8.79. The van der Waals surface area contributed by atoms with Gasteiger partial charge in [0.05, 0.1) is 24.4 Å². The molecule has 0 saturated heterocycles. The van der Waals surface area contributed by atoms with E-state index in [4.69, 9.17) is 0 Å². The summed E-state index contributed by atoms with van der Waals surface area (Å²) in [5.74, 6) is 0. The Bertz CT molecular complexity index is 650. The van der Waals surface area contributed by atoms with Gasteiger partial charge in [-0.1, -0.05) is 0 Å². The molecule has 0 saturated carbocycles. The number of rotatable bonds is 3. The number of aromatic amines is 1. The molecule has 0 aliphatic rings. The van der Waals surface area contributed by atoms with Crippen molar-refractivity contribution in [2.24, 2.45) is 0 Å². The predicted molar refractivity (Wildman–Crippen MR) is 58.6 cm³/mol. The third-order valence-corrected chi connectivity index (χ3v) is 3.38. The smallest absolute Gasteiger partial charge is 0.334 e. The maximum atomic E-state index is 12.3. The predicted octanol–water partition coefficient (Wildman–Crippen LogP) is 1.62. The van der Waals surface area contributed by atoms with Gasteiger partial charge in [0, 0.05) is 0 Å². The van der Waals surface area contributed by atoms with E-state index in [1.54, 1.807) is 0 Å². The number of H-pyrrole nitrogens is 1. The number of nitrogens with one attached hydrogen (secondary N) is 2. The average molecular weight is 292 g/mol. The van der Waals surface area contributed by atoms with Crippen LogP contribution >= 0.6 is 0 Å². The molecule has 0 aliphatic carbocycles. The van der Waals surface area contributed by atoms with E-state index in [1.807, 2.05) is 0 Å². The Hall–Kier alpha value is -2.10. The molecule has 0 radical (unpaired) electrons. The third kappa shape index (κ3) is 3.02. The summed E-state index contributed by atoms with van der Waals surface area (Å²) >= 11 is 0. The van der Waals surface area contributed by atoms with Crippen molar-refractivity contribution < 1.29 is 21.6 Å². The van der Waals surface area contributed by atoms with E-state index in [9.17, 15) is 21.6 Å². The number of hydrogen-bond acceptors (Lipinski definition) is 4. The zero-order valence-corrected chi connectivity index (χ0v) is 9.96. The van der Waals surface area contributed by atoms with Crippen molar-refractivity contribution in [2.75, 3.05) is 4.72 Å². The standard InChI is InChI=1S/C9H7F3N4O2S/c10-9(11,12)7-2-1-6(3-14-7)16-19(17,18)8-4-13-5-15-8/h1-5,16H,(H,13,15). The Balaban J connectivity index is 2.21. The van der Waals surface area contributed by atoms with Gasteiger partial charge in [-0.2, -0.15) is 21.6 Å². The summed E-state index contributed by atoms with van der Waals surface area (Å²) in [6.45, 7) is 0. The summed E-state index contributed by atoms with van der Waals surface area (Å²) in [5.41, 5.74) is -1.18. The van der Waals surface area contributed by atoms with E-state index in [0.717, 1.165) is 18.5 Å². The highest BCUT2D eigenvalue weighted by atomic mass is 32.2. The van der Waals surface area contributed by atoms with Crippen molar-refractivity contribution >= 4 is 15.7 Å². The minimum Gasteiger partial charge on any atom is -0.334 e. The average Bonchev–Trinajstić information content (AvgIpc) is 2.82. The van der Waals surface area contributed by atoms with Crippen molar-refractivity contribution in [3.8, 4) is 0 Å². The molecule has 2 aromatic rings. The Morgan fingerprint density at radius 1 is 1.21 bits per heavy atom. The first kappa shape index (κ1) is 13.3. The molecule has 2 aromatic heterocycles. The molecule has 0 aromatic carbocycles. The molecule has 10 heteroatoms. The van der Waals surface area contributed by atoms with Crippen molar-refractivity contribution in [3.63, 3.8) is 0 Å². The Kier molecular flexibility index (Phi) is 3.18. The van der Waals surface area contributed by atoms with Gasteiger partial charge in [0.25, 0.3) is 10.0 Å². The number of anilines is 1. The molecule has 0 amide bonds. The molecule has 0 fully saturated rings. The number of alkyl halides is 3. The lowest BCUT2D eigenvalue weighted by atomic mass is 10.3. The van der Waals surface area contributed by atoms with E-state index < -0.39 is 21.9 Å². The SMILES string of the molecule is O=S(=O)(Nc1ccc(C(F)(F)F)nc1)c1cnc[nH]1. The van der Waals surface area contributed by atoms with Crippen LogP contribution in [0, 0.1) is 0 Å². The number of nitrogens with zero attached hydrogens (tertiary/aromatic N) is 2. The molecule has 0 spiro atoms. The summed E-state index contributed by atoms with van der Waals surface area (Å²) in [6.07, 6.45) is -1.54. The molecule has 0 unspecified atom stereocenters. The fourth-order valence-corrected chi connectivity index (χ4v) is 2.17. The van der Waals surface area contributed by atoms with Crippen LogP contribution in [0.25, 0.3) is 0 Å². The van der Waals surface area contributed by atoms with Gasteiger partial charge in [0.15, 0.2) is 5.03 Å². The highest BCUT2D eigenvalue weighted by molar-refractivity contribution is 7.92. The van der Waals surface area contributed by atoms with Crippen LogP contribution in [0.2, 0.25) is 0 Å². The van der Waals surface area contributed by atoms with Crippen molar-refractivity contribution in [1.29, 1.82) is 0 Å². The number of halogens is 3. The lowest BCUT2D eigenvalue weighted by Gasteiger charge is -2.08. The largest absolute Gasteiger partial charge is 0.433 e. The second-order valence-electron chi connectivity index (χ2n) is 3.45. The van der Waals surface area contributed by atoms with E-state index in [0.29, 0.717) is 6.07 Å². The molecule has 6 nitrogen and oxygen atoms in total. The third-order valence-electron chi connectivity index (χ3n) is 2.07. The monoisotopic (exact) mass is 292 g/mol. The molecule has 102 valence electrons. The Morgan fingerprint density at radius 2 is 1.95 bits per heavy atom. The van der Waals surface area contributed by atoms with Crippen LogP contribution in [0.4, 0.5) is 18.9 Å². The zero-order chi connectivity index (χ0) is 14.1. The molecular weight excluding hydrogens is 285 g/mol. The van der Waals surface area contributed by atoms with E-state index in [2.05, 4.69) is 19.7 Å². The summed E-state index contributed by atoms with van der Waals surface area (Å²) in [5, 5.41) is -0.201. The van der Waals surface area contributed by atoms with Gasteiger partial charge >= 0.3 is 6.18 Å². The van der Waals surface area contributed by atoms with Crippen LogP contribution < -0.4 is 4.72 Å². The summed E-state index contributed by atoms with van der Waals surface area (Å²) < 4.78 is 62.3. The van der Waals surface area contributed by atoms with Crippen LogP contribution in [0.1, 0.15) is 5.69 Å². The van der Waals surface area contributed by atoms with Gasteiger partial charge in [-0.25, -0.2) is 9.97 Å². The minimum absolute atomic E-state index is 0.0809. The fourth-order valence-electron chi connectivity index (χ4n) is 1.22. The lowest BCUT2D eigenvalue weighted by Crippen LogP contribution is -2.14. The second kappa shape index (κ2) is 4.53. The zero-order valence-electron chi connectivity index (χ0n) is 9.14. The lowest BCUT2D eigenvalue weighted by molar-refractivity contribution is -0.141. The van der Waals surface area contributed by atoms with Crippen molar-refractivity contribution in [2.45, 2.75) is 11.2 Å². The van der Waals surface area contributed by atoms with Crippen LogP contribution in [0.15, 0.2) is 35.9 Å². The van der Waals surface area contributed by atoms with Crippen LogP contribution in [-0.2, 0) is 16.2 Å². The normalized spacial score (nSPS) is 12.4. The highest BCUT2D eigenvalue weighted by Gasteiger charge is 2.32. The van der Waals surface area contributed by atoms with Crippen LogP contribution in [0.3, 0.4) is 0 Å². The summed E-state index contributed by atoms with van der Waals surface area (Å²) in [6, 6.07) is 1.66. The molecule has 0 atom stereocenters. The van der Waals surface area contributed by atoms with Crippen LogP contribution in [-0.4, -0.2) is 23.4 Å². The molecule has 2 heterocycles. The number of sulfonamides is 1. The molecule has 2 N–H and O–H groups in total. The van der Waals surface area contributed by atoms with Gasteiger partial charge in [-0.15, -0.1) is 0 Å². The molecule has 0 bridgehead atoms. The summed E-state index contributed by atoms with van der Waals surface area (Å²) in [4.78, 5) is 9.05. The Morgan fingerprint density at radius 3 is 2.42 bits per heavy atom. The first-order valence-corrected chi connectivity index (χ1v) is 6.32. The Labute approximate surface area is 105 Å². The van der Waals surface area contributed by atoms with Gasteiger partial charge in [-0.3, -0.25) is 4.72 Å². The molecule has 0 aliphatic heterocycles. The van der Waals surface area contributed by atoms with Gasteiger partial charge in [0.1, 0.15) is 5.69 Å². The van der Waals surface area contributed by atoms with E-state index >= 15 is 0 Å². The minimum atomic E-state index is -4.57. The number of aromatic nitrogens is 3. The first-order valence-electron chi connectivity index (χ1n) is 4.83. The topological polar surface area (TPSA) is 87.7 Å². The number of imidazole rings is 1. The van der Waals surface area contributed by atoms with Crippen molar-refractivity contribution in [1.82, 2.24) is 15.0 Å². The number of pyridine rings is 1. The van der Waals surface area contributed by atoms with Crippen LogP contribution in [0.5, 0.6) is 0 Å². The maximum absolute atomic E-state index is 12.3. The van der Waals surface area contributed by atoms with Gasteiger partial charge in [-0.05, 0) is 12.1 Å². The number of hydrogen-bond donors (Lipinski definition) is 2. The highest BCUT2D eigenvalue weighted by Crippen LogP contribution is 2.28. The molecule has 19 heavy (non-hydrogen) atoms.